The van der Waals surface area contributed by atoms with E-state index in [1.165, 1.54) is 6.92 Å². The van der Waals surface area contributed by atoms with Gasteiger partial charge in [0.1, 0.15) is 11.8 Å². The van der Waals surface area contributed by atoms with Crippen molar-refractivity contribution in [3.8, 4) is 5.75 Å². The molecule has 0 radical (unpaired) electrons. The Morgan fingerprint density at radius 1 is 1.45 bits per heavy atom. The van der Waals surface area contributed by atoms with Crippen molar-refractivity contribution in [2.75, 3.05) is 13.7 Å². The molecule has 0 aromatic heterocycles. The number of amides is 2. The third kappa shape index (κ3) is 3.61. The van der Waals surface area contributed by atoms with Gasteiger partial charge in [0, 0.05) is 13.5 Å². The second-order valence-electron chi connectivity index (χ2n) is 5.49. The molecular weight excluding hydrogens is 348 g/mol. The monoisotopic (exact) mass is 368 g/mol. The maximum absolute atomic E-state index is 12.4. The number of carbonyl (C=O) groups excluding carboxylic acids is 2. The summed E-state index contributed by atoms with van der Waals surface area (Å²) < 4.78 is 6.05. The van der Waals surface area contributed by atoms with Crippen LogP contribution in [0.3, 0.4) is 0 Å². The average Bonchev–Trinajstić information content (AvgIpc) is 2.96. The minimum atomic E-state index is -0.346. The summed E-state index contributed by atoms with van der Waals surface area (Å²) in [6, 6.07) is 5.23. The molecule has 1 aliphatic heterocycles. The van der Waals surface area contributed by atoms with E-state index in [1.54, 1.807) is 12.0 Å². The maximum Gasteiger partial charge on any atom is 0.243 e. The molecule has 1 saturated heterocycles. The van der Waals surface area contributed by atoms with Crippen molar-refractivity contribution < 1.29 is 14.3 Å². The first-order valence-corrected chi connectivity index (χ1v) is 8.14. The first kappa shape index (κ1) is 16.8. The van der Waals surface area contributed by atoms with Crippen molar-refractivity contribution in [2.45, 2.75) is 38.8 Å². The van der Waals surface area contributed by atoms with Crippen LogP contribution < -0.4 is 10.1 Å². The number of nitrogens with zero attached hydrogens (tertiary/aromatic N) is 1. The largest absolute Gasteiger partial charge is 0.496 e. The summed E-state index contributed by atoms with van der Waals surface area (Å²) in [6.07, 6.45) is 1.60. The van der Waals surface area contributed by atoms with Gasteiger partial charge in [-0.1, -0.05) is 6.07 Å². The number of nitrogens with one attached hydrogen (secondary N) is 1. The van der Waals surface area contributed by atoms with Crippen LogP contribution in [0.25, 0.3) is 0 Å². The molecule has 1 fully saturated rings. The van der Waals surface area contributed by atoms with Gasteiger partial charge in [0.25, 0.3) is 0 Å². The molecule has 1 N–H and O–H groups in total. The van der Waals surface area contributed by atoms with E-state index in [0.29, 0.717) is 6.54 Å². The van der Waals surface area contributed by atoms with Crippen molar-refractivity contribution in [2.24, 2.45) is 0 Å². The lowest BCUT2D eigenvalue weighted by molar-refractivity contribution is -0.137. The van der Waals surface area contributed by atoms with E-state index in [-0.39, 0.29) is 23.9 Å². The number of hydrogen-bond acceptors (Lipinski definition) is 3. The van der Waals surface area contributed by atoms with Gasteiger partial charge >= 0.3 is 0 Å². The molecule has 0 aliphatic carbocycles. The van der Waals surface area contributed by atoms with E-state index >= 15 is 0 Å². The molecule has 2 amide bonds. The number of ether oxygens (including phenoxy) is 1. The van der Waals surface area contributed by atoms with E-state index in [1.807, 2.05) is 25.1 Å². The molecule has 22 heavy (non-hydrogen) atoms. The highest BCUT2D eigenvalue weighted by molar-refractivity contribution is 9.10. The van der Waals surface area contributed by atoms with Crippen LogP contribution in [0.2, 0.25) is 0 Å². The second-order valence-corrected chi connectivity index (χ2v) is 6.35. The molecule has 6 heteroatoms. The van der Waals surface area contributed by atoms with Crippen molar-refractivity contribution >= 4 is 27.7 Å². The van der Waals surface area contributed by atoms with Crippen molar-refractivity contribution in [1.82, 2.24) is 10.2 Å². The predicted octanol–water partition coefficient (Wildman–Crippen LogP) is 2.65. The minimum Gasteiger partial charge on any atom is -0.496 e. The molecule has 1 aliphatic rings. The zero-order valence-electron chi connectivity index (χ0n) is 13.1. The minimum absolute atomic E-state index is 0.0440. The third-order valence-corrected chi connectivity index (χ3v) is 4.61. The summed E-state index contributed by atoms with van der Waals surface area (Å²) in [5, 5.41) is 2.99. The Labute approximate surface area is 139 Å². The quantitative estimate of drug-likeness (QED) is 0.888. The molecule has 0 saturated carbocycles. The Hall–Kier alpha value is -1.56. The van der Waals surface area contributed by atoms with E-state index in [4.69, 9.17) is 4.74 Å². The molecule has 2 unspecified atom stereocenters. The van der Waals surface area contributed by atoms with E-state index < -0.39 is 0 Å². The Kier molecular flexibility index (Phi) is 5.45. The highest BCUT2D eigenvalue weighted by atomic mass is 79.9. The Morgan fingerprint density at radius 2 is 2.18 bits per heavy atom. The first-order valence-electron chi connectivity index (χ1n) is 7.35. The van der Waals surface area contributed by atoms with E-state index in [0.717, 1.165) is 28.6 Å². The molecule has 1 aromatic rings. The van der Waals surface area contributed by atoms with Gasteiger partial charge in [0.05, 0.1) is 17.6 Å². The van der Waals surface area contributed by atoms with Crippen LogP contribution in [0, 0.1) is 0 Å². The first-order chi connectivity index (χ1) is 10.4. The highest BCUT2D eigenvalue weighted by Crippen LogP contribution is 2.28. The number of carbonyl (C=O) groups is 2. The maximum atomic E-state index is 12.4. The number of halogens is 1. The molecular formula is C16H21BrN2O3. The lowest BCUT2D eigenvalue weighted by Gasteiger charge is -2.24. The third-order valence-electron chi connectivity index (χ3n) is 3.99. The van der Waals surface area contributed by atoms with Crippen LogP contribution in [0.4, 0.5) is 0 Å². The lowest BCUT2D eigenvalue weighted by Crippen LogP contribution is -2.45. The number of likely N-dealkylation sites (tertiary alicyclic amines) is 1. The van der Waals surface area contributed by atoms with Crippen LogP contribution in [0.15, 0.2) is 22.7 Å². The topological polar surface area (TPSA) is 58.6 Å². The number of rotatable bonds is 4. The Balaban J connectivity index is 2.05. The van der Waals surface area contributed by atoms with E-state index in [9.17, 15) is 9.59 Å². The van der Waals surface area contributed by atoms with Crippen LogP contribution in [-0.4, -0.2) is 36.4 Å². The smallest absolute Gasteiger partial charge is 0.243 e. The van der Waals surface area contributed by atoms with Gasteiger partial charge in [-0.2, -0.15) is 0 Å². The predicted molar refractivity (Wildman–Crippen MR) is 87.7 cm³/mol. The number of hydrogen-bond donors (Lipinski definition) is 1. The van der Waals surface area contributed by atoms with Crippen LogP contribution in [0.5, 0.6) is 5.75 Å². The molecule has 1 heterocycles. The van der Waals surface area contributed by atoms with Gasteiger partial charge in [-0.3, -0.25) is 9.59 Å². The van der Waals surface area contributed by atoms with Crippen molar-refractivity contribution in [3.63, 3.8) is 0 Å². The number of benzene rings is 1. The summed E-state index contributed by atoms with van der Waals surface area (Å²) in [4.78, 5) is 25.6. The molecule has 1 aromatic carbocycles. The molecule has 2 rings (SSSR count). The fourth-order valence-electron chi connectivity index (χ4n) is 2.76. The van der Waals surface area contributed by atoms with Gasteiger partial charge in [0.15, 0.2) is 0 Å². The van der Waals surface area contributed by atoms with Crippen LogP contribution >= 0.6 is 15.9 Å². The molecule has 2 atom stereocenters. The Bertz CT molecular complexity index is 577. The normalized spacial score (nSPS) is 18.9. The summed E-state index contributed by atoms with van der Waals surface area (Å²) in [6.45, 7) is 4.10. The molecule has 0 bridgehead atoms. The summed E-state index contributed by atoms with van der Waals surface area (Å²) in [7, 11) is 1.61. The van der Waals surface area contributed by atoms with Crippen LogP contribution in [-0.2, 0) is 9.59 Å². The Morgan fingerprint density at radius 3 is 2.77 bits per heavy atom. The zero-order chi connectivity index (χ0) is 16.3. The van der Waals surface area contributed by atoms with Gasteiger partial charge in [-0.15, -0.1) is 0 Å². The summed E-state index contributed by atoms with van der Waals surface area (Å²) in [5.41, 5.74) is 0.980. The van der Waals surface area contributed by atoms with Crippen LogP contribution in [0.1, 0.15) is 38.3 Å². The van der Waals surface area contributed by atoms with E-state index in [2.05, 4.69) is 21.2 Å². The molecule has 5 nitrogen and oxygen atoms in total. The summed E-state index contributed by atoms with van der Waals surface area (Å²) in [5.74, 6) is 0.616. The molecule has 120 valence electrons. The van der Waals surface area contributed by atoms with Gasteiger partial charge in [0.2, 0.25) is 11.8 Å². The standard InChI is InChI=1S/C16H21BrN2O3/c1-10(12-6-7-15(22-3)13(17)9-12)18-16(21)14-5-4-8-19(14)11(2)20/h6-7,9-10,14H,4-5,8H2,1-3H3,(H,18,21). The fourth-order valence-corrected chi connectivity index (χ4v) is 3.32. The zero-order valence-corrected chi connectivity index (χ0v) is 14.6. The van der Waals surface area contributed by atoms with Crippen molar-refractivity contribution in [3.05, 3.63) is 28.2 Å². The lowest BCUT2D eigenvalue weighted by atomic mass is 10.1. The SMILES string of the molecule is COc1ccc(C(C)NC(=O)C2CCCN2C(C)=O)cc1Br. The van der Waals surface area contributed by atoms with Gasteiger partial charge < -0.3 is 15.0 Å². The van der Waals surface area contributed by atoms with Gasteiger partial charge in [-0.25, -0.2) is 0 Å². The number of methoxy groups -OCH3 is 1. The van der Waals surface area contributed by atoms with Crippen molar-refractivity contribution in [1.29, 1.82) is 0 Å². The second kappa shape index (κ2) is 7.13. The average molecular weight is 369 g/mol. The molecule has 0 spiro atoms. The highest BCUT2D eigenvalue weighted by Gasteiger charge is 2.32. The summed E-state index contributed by atoms with van der Waals surface area (Å²) >= 11 is 3.45. The fraction of sp³-hybridized carbons (Fsp3) is 0.500. The van der Waals surface area contributed by atoms with Gasteiger partial charge in [-0.05, 0) is 53.4 Å².